The van der Waals surface area contributed by atoms with Crippen LogP contribution in [0.3, 0.4) is 0 Å². The smallest absolute Gasteiger partial charge is 0.357 e. The fourth-order valence-electron chi connectivity index (χ4n) is 5.32. The van der Waals surface area contributed by atoms with E-state index in [1.807, 2.05) is 4.90 Å². The average Bonchev–Trinajstić information content (AvgIpc) is 3.01. The average molecular weight is 611 g/mol. The van der Waals surface area contributed by atoms with Gasteiger partial charge in [0.2, 0.25) is 5.95 Å². The van der Waals surface area contributed by atoms with E-state index in [2.05, 4.69) is 32.4 Å². The molecule has 0 bridgehead atoms. The molecule has 0 radical (unpaired) electrons. The van der Waals surface area contributed by atoms with Crippen molar-refractivity contribution in [3.63, 3.8) is 0 Å². The highest BCUT2D eigenvalue weighted by Gasteiger charge is 2.34. The van der Waals surface area contributed by atoms with Crippen LogP contribution < -0.4 is 21.9 Å². The molecule has 0 atom stereocenters. The van der Waals surface area contributed by atoms with E-state index in [4.69, 9.17) is 0 Å². The number of nitrogens with zero attached hydrogens (tertiary/aromatic N) is 6. The minimum atomic E-state index is -4.65. The lowest BCUT2D eigenvalue weighted by atomic mass is 10.0. The number of aromatic nitrogens is 4. The van der Waals surface area contributed by atoms with Crippen molar-refractivity contribution >= 4 is 28.6 Å². The van der Waals surface area contributed by atoms with Crippen molar-refractivity contribution < 1.29 is 18.0 Å². The molecule has 2 N–H and O–H groups in total. The molecule has 2 aromatic heterocycles. The SMILES string of the molecule is CCN1CCN(Cc2ccc(C(=O)Nc3ccc(C)c(-n4c(=O)c5cnc(NC)nc5n(C)c4=O)c3)cc2C(F)(F)F)CC1. The minimum Gasteiger partial charge on any atom is -0.357 e. The van der Waals surface area contributed by atoms with Crippen LogP contribution in [0.2, 0.25) is 0 Å². The topological polar surface area (TPSA) is 117 Å². The first-order valence-corrected chi connectivity index (χ1v) is 14.1. The summed E-state index contributed by atoms with van der Waals surface area (Å²) < 4.78 is 44.5. The van der Waals surface area contributed by atoms with E-state index in [1.165, 1.54) is 36.0 Å². The molecule has 44 heavy (non-hydrogen) atoms. The van der Waals surface area contributed by atoms with Gasteiger partial charge >= 0.3 is 11.9 Å². The third-order valence-corrected chi connectivity index (χ3v) is 7.91. The van der Waals surface area contributed by atoms with Crippen molar-refractivity contribution in [3.8, 4) is 5.69 Å². The molecule has 1 aliphatic heterocycles. The molecular weight excluding hydrogens is 577 g/mol. The van der Waals surface area contributed by atoms with Crippen LogP contribution in [-0.4, -0.2) is 74.6 Å². The first-order chi connectivity index (χ1) is 20.9. The zero-order chi connectivity index (χ0) is 31.8. The zero-order valence-corrected chi connectivity index (χ0v) is 24.8. The summed E-state index contributed by atoms with van der Waals surface area (Å²) >= 11 is 0. The maximum Gasteiger partial charge on any atom is 0.416 e. The van der Waals surface area contributed by atoms with Crippen molar-refractivity contribution in [2.24, 2.45) is 7.05 Å². The highest BCUT2D eigenvalue weighted by atomic mass is 19.4. The Morgan fingerprint density at radius 3 is 2.39 bits per heavy atom. The lowest BCUT2D eigenvalue weighted by Gasteiger charge is -2.34. The molecule has 14 heteroatoms. The van der Waals surface area contributed by atoms with Crippen LogP contribution in [0.25, 0.3) is 16.7 Å². The van der Waals surface area contributed by atoms with Gasteiger partial charge in [0.1, 0.15) is 5.39 Å². The third kappa shape index (κ3) is 6.08. The van der Waals surface area contributed by atoms with Crippen molar-refractivity contribution in [2.45, 2.75) is 26.6 Å². The number of nitrogens with one attached hydrogen (secondary N) is 2. The lowest BCUT2D eigenvalue weighted by Crippen LogP contribution is -2.45. The van der Waals surface area contributed by atoms with Gasteiger partial charge in [0, 0.05) is 64.3 Å². The molecule has 1 saturated heterocycles. The second-order valence-corrected chi connectivity index (χ2v) is 10.7. The van der Waals surface area contributed by atoms with Gasteiger partial charge in [-0.25, -0.2) is 14.3 Å². The molecular formula is C30H33F3N8O3. The molecule has 4 aromatic rings. The molecule has 1 fully saturated rings. The van der Waals surface area contributed by atoms with Crippen molar-refractivity contribution in [1.82, 2.24) is 28.9 Å². The zero-order valence-electron chi connectivity index (χ0n) is 24.8. The maximum atomic E-state index is 14.1. The number of likely N-dealkylation sites (N-methyl/N-ethyl adjacent to an activating group) is 1. The molecule has 0 spiro atoms. The molecule has 0 saturated carbocycles. The molecule has 0 unspecified atom stereocenters. The monoisotopic (exact) mass is 610 g/mol. The summed E-state index contributed by atoms with van der Waals surface area (Å²) in [5.41, 5.74) is -1.16. The van der Waals surface area contributed by atoms with Crippen LogP contribution in [0.15, 0.2) is 52.2 Å². The van der Waals surface area contributed by atoms with Gasteiger partial charge in [0.25, 0.3) is 11.5 Å². The summed E-state index contributed by atoms with van der Waals surface area (Å²) in [6.07, 6.45) is -3.33. The van der Waals surface area contributed by atoms with E-state index < -0.39 is 28.9 Å². The van der Waals surface area contributed by atoms with E-state index in [1.54, 1.807) is 26.1 Å². The van der Waals surface area contributed by atoms with Gasteiger partial charge in [0.05, 0.1) is 11.3 Å². The summed E-state index contributed by atoms with van der Waals surface area (Å²) in [7, 11) is 3.08. The van der Waals surface area contributed by atoms with Gasteiger partial charge in [-0.05, 0) is 48.9 Å². The van der Waals surface area contributed by atoms with E-state index in [0.717, 1.165) is 30.3 Å². The highest BCUT2D eigenvalue weighted by molar-refractivity contribution is 6.04. The number of amides is 1. The van der Waals surface area contributed by atoms with Crippen LogP contribution in [0, 0.1) is 6.92 Å². The molecule has 1 aliphatic rings. The Bertz CT molecular complexity index is 1840. The Labute approximate surface area is 250 Å². The number of halogens is 3. The number of rotatable bonds is 7. The van der Waals surface area contributed by atoms with Crippen LogP contribution in [-0.2, 0) is 19.8 Å². The highest BCUT2D eigenvalue weighted by Crippen LogP contribution is 2.34. The molecule has 232 valence electrons. The molecule has 1 amide bonds. The number of hydrogen-bond donors (Lipinski definition) is 2. The fraction of sp³-hybridized carbons (Fsp3) is 0.367. The van der Waals surface area contributed by atoms with Crippen LogP contribution in [0.1, 0.15) is 34.0 Å². The van der Waals surface area contributed by atoms with E-state index in [0.29, 0.717) is 18.7 Å². The Balaban J connectivity index is 1.44. The number of piperazine rings is 1. The minimum absolute atomic E-state index is 0.104. The van der Waals surface area contributed by atoms with Gasteiger partial charge in [-0.3, -0.25) is 19.1 Å². The van der Waals surface area contributed by atoms with Crippen LogP contribution >= 0.6 is 0 Å². The lowest BCUT2D eigenvalue weighted by molar-refractivity contribution is -0.138. The summed E-state index contributed by atoms with van der Waals surface area (Å²) in [4.78, 5) is 52.4. The van der Waals surface area contributed by atoms with Crippen molar-refractivity contribution in [2.75, 3.05) is 50.4 Å². The van der Waals surface area contributed by atoms with Crippen molar-refractivity contribution in [1.29, 1.82) is 0 Å². The fourth-order valence-corrected chi connectivity index (χ4v) is 5.32. The Hall–Kier alpha value is -4.56. The van der Waals surface area contributed by atoms with Gasteiger partial charge in [0.15, 0.2) is 5.65 Å². The maximum absolute atomic E-state index is 14.1. The predicted octanol–water partition coefficient (Wildman–Crippen LogP) is 3.24. The van der Waals surface area contributed by atoms with E-state index in [-0.39, 0.29) is 46.0 Å². The molecule has 2 aromatic carbocycles. The van der Waals surface area contributed by atoms with Crippen molar-refractivity contribution in [3.05, 3.63) is 85.7 Å². The third-order valence-electron chi connectivity index (χ3n) is 7.91. The molecule has 0 aliphatic carbocycles. The number of hydrogen-bond acceptors (Lipinski definition) is 8. The standard InChI is InChI=1S/C30H33F3N8O3/c1-5-39-10-12-40(13-11-39)17-20-8-7-19(14-23(20)30(31,32)33)26(42)36-21-9-6-18(2)24(15-21)41-27(43)22-16-35-28(34-3)37-25(22)38(4)29(41)44/h6-9,14-16H,5,10-13,17H2,1-4H3,(H,36,42)(H,34,35,37). The molecule has 11 nitrogen and oxygen atoms in total. The summed E-state index contributed by atoms with van der Waals surface area (Å²) in [6.45, 7) is 7.68. The van der Waals surface area contributed by atoms with Gasteiger partial charge < -0.3 is 15.5 Å². The molecule has 5 rings (SSSR count). The van der Waals surface area contributed by atoms with Crippen LogP contribution in [0.5, 0.6) is 0 Å². The number of carbonyl (C=O) groups excluding carboxylic acids is 1. The number of aryl methyl sites for hydroxylation is 2. The Kier molecular flexibility index (Phi) is 8.57. The van der Waals surface area contributed by atoms with Crippen LogP contribution in [0.4, 0.5) is 24.8 Å². The normalized spacial score (nSPS) is 14.6. The Morgan fingerprint density at radius 2 is 1.73 bits per heavy atom. The first kappa shape index (κ1) is 30.9. The largest absolute Gasteiger partial charge is 0.416 e. The summed E-state index contributed by atoms with van der Waals surface area (Å²) in [5.74, 6) is -0.526. The number of benzene rings is 2. The number of anilines is 2. The second-order valence-electron chi connectivity index (χ2n) is 10.7. The number of fused-ring (bicyclic) bond motifs is 1. The number of carbonyl (C=O) groups is 1. The van der Waals surface area contributed by atoms with E-state index in [9.17, 15) is 27.6 Å². The second kappa shape index (κ2) is 12.2. The number of alkyl halides is 3. The Morgan fingerprint density at radius 1 is 1.02 bits per heavy atom. The predicted molar refractivity (Wildman–Crippen MR) is 161 cm³/mol. The quantitative estimate of drug-likeness (QED) is 0.328. The van der Waals surface area contributed by atoms with Gasteiger partial charge in [-0.2, -0.15) is 18.2 Å². The summed E-state index contributed by atoms with van der Waals surface area (Å²) in [5, 5.41) is 5.48. The summed E-state index contributed by atoms with van der Waals surface area (Å²) in [6, 6.07) is 8.17. The van der Waals surface area contributed by atoms with Gasteiger partial charge in [-0.1, -0.05) is 19.1 Å². The molecule has 3 heterocycles. The van der Waals surface area contributed by atoms with Gasteiger partial charge in [-0.15, -0.1) is 0 Å². The first-order valence-electron chi connectivity index (χ1n) is 14.1. The van der Waals surface area contributed by atoms with E-state index >= 15 is 0 Å².